The van der Waals surface area contributed by atoms with E-state index in [1.54, 1.807) is 18.2 Å². The van der Waals surface area contributed by atoms with Crippen LogP contribution in [0, 0.1) is 0 Å². The number of piperazine rings is 1. The number of nitrogens with two attached hydrogens (primary N) is 1. The lowest BCUT2D eigenvalue weighted by Gasteiger charge is -2.45. The number of hydrogen-bond donors (Lipinski definition) is 1. The van der Waals surface area contributed by atoms with E-state index in [2.05, 4.69) is 30.8 Å². The van der Waals surface area contributed by atoms with Crippen LogP contribution in [0.25, 0.3) is 0 Å². The summed E-state index contributed by atoms with van der Waals surface area (Å²) < 4.78 is 0. The summed E-state index contributed by atoms with van der Waals surface area (Å²) in [4.78, 5) is 20.5. The van der Waals surface area contributed by atoms with Crippen LogP contribution >= 0.6 is 0 Å². The molecule has 1 fully saturated rings. The van der Waals surface area contributed by atoms with Gasteiger partial charge >= 0.3 is 0 Å². The van der Waals surface area contributed by atoms with Crippen molar-refractivity contribution in [2.45, 2.75) is 19.4 Å². The van der Waals surface area contributed by atoms with Crippen molar-refractivity contribution in [2.24, 2.45) is 0 Å². The summed E-state index contributed by atoms with van der Waals surface area (Å²) >= 11 is 0. The van der Waals surface area contributed by atoms with Gasteiger partial charge in [0.15, 0.2) is 0 Å². The number of anilines is 1. The first kappa shape index (κ1) is 12.8. The highest BCUT2D eigenvalue weighted by Gasteiger charge is 2.33. The van der Waals surface area contributed by atoms with Crippen LogP contribution < -0.4 is 5.73 Å². The molecule has 98 valence electrons. The molecule has 1 aliphatic heterocycles. The summed E-state index contributed by atoms with van der Waals surface area (Å²) in [5.41, 5.74) is 6.03. The summed E-state index contributed by atoms with van der Waals surface area (Å²) in [7, 11) is 2.08. The molecule has 2 N–H and O–H groups in total. The van der Waals surface area contributed by atoms with Gasteiger partial charge in [0.25, 0.3) is 5.91 Å². The quantitative estimate of drug-likeness (QED) is 0.799. The SMILES string of the molecule is CN1CCN(C(=O)c2cccc(N)n2)CC1(C)C. The average molecular weight is 248 g/mol. The number of amides is 1. The van der Waals surface area contributed by atoms with Crippen LogP contribution in [0.15, 0.2) is 18.2 Å². The van der Waals surface area contributed by atoms with Gasteiger partial charge in [0.2, 0.25) is 0 Å². The molecule has 0 spiro atoms. The topological polar surface area (TPSA) is 62.5 Å². The van der Waals surface area contributed by atoms with E-state index in [-0.39, 0.29) is 11.4 Å². The zero-order valence-corrected chi connectivity index (χ0v) is 11.2. The third kappa shape index (κ3) is 2.46. The highest BCUT2D eigenvalue weighted by molar-refractivity contribution is 5.92. The molecule has 1 aromatic heterocycles. The zero-order chi connectivity index (χ0) is 13.3. The van der Waals surface area contributed by atoms with Crippen molar-refractivity contribution in [3.63, 3.8) is 0 Å². The number of hydrogen-bond acceptors (Lipinski definition) is 4. The number of carbonyl (C=O) groups is 1. The molecule has 2 heterocycles. The number of nitrogen functional groups attached to an aromatic ring is 1. The Morgan fingerprint density at radius 2 is 2.11 bits per heavy atom. The van der Waals surface area contributed by atoms with Crippen LogP contribution in [-0.2, 0) is 0 Å². The van der Waals surface area contributed by atoms with E-state index < -0.39 is 0 Å². The van der Waals surface area contributed by atoms with Crippen molar-refractivity contribution in [3.05, 3.63) is 23.9 Å². The molecule has 2 rings (SSSR count). The Hall–Kier alpha value is -1.62. The fourth-order valence-corrected chi connectivity index (χ4v) is 2.15. The second-order valence-corrected chi connectivity index (χ2v) is 5.41. The third-order valence-electron chi connectivity index (χ3n) is 3.59. The van der Waals surface area contributed by atoms with E-state index in [0.29, 0.717) is 18.1 Å². The van der Waals surface area contributed by atoms with Gasteiger partial charge in [-0.1, -0.05) is 6.07 Å². The second-order valence-electron chi connectivity index (χ2n) is 5.41. The van der Waals surface area contributed by atoms with Crippen molar-refractivity contribution in [2.75, 3.05) is 32.4 Å². The van der Waals surface area contributed by atoms with Gasteiger partial charge in [-0.25, -0.2) is 4.98 Å². The summed E-state index contributed by atoms with van der Waals surface area (Å²) in [6.07, 6.45) is 0. The lowest BCUT2D eigenvalue weighted by atomic mass is 9.99. The van der Waals surface area contributed by atoms with Crippen molar-refractivity contribution >= 4 is 11.7 Å². The number of carbonyl (C=O) groups excluding carboxylic acids is 1. The number of likely N-dealkylation sites (N-methyl/N-ethyl adjacent to an activating group) is 1. The summed E-state index contributed by atoms with van der Waals surface area (Å²) in [5, 5.41) is 0. The average Bonchev–Trinajstić information content (AvgIpc) is 2.31. The molecule has 0 saturated carbocycles. The minimum Gasteiger partial charge on any atom is -0.384 e. The maximum Gasteiger partial charge on any atom is 0.272 e. The Balaban J connectivity index is 2.15. The van der Waals surface area contributed by atoms with Gasteiger partial charge in [0.1, 0.15) is 11.5 Å². The smallest absolute Gasteiger partial charge is 0.272 e. The molecule has 1 aromatic rings. The lowest BCUT2D eigenvalue weighted by Crippen LogP contribution is -2.58. The predicted molar refractivity (Wildman–Crippen MR) is 71.3 cm³/mol. The van der Waals surface area contributed by atoms with Crippen LogP contribution in [0.5, 0.6) is 0 Å². The zero-order valence-electron chi connectivity index (χ0n) is 11.2. The van der Waals surface area contributed by atoms with E-state index in [4.69, 9.17) is 5.73 Å². The first-order chi connectivity index (χ1) is 8.40. The number of nitrogens with zero attached hydrogens (tertiary/aromatic N) is 3. The maximum atomic E-state index is 12.3. The normalized spacial score (nSPS) is 19.8. The van der Waals surface area contributed by atoms with Gasteiger partial charge < -0.3 is 10.6 Å². The second kappa shape index (κ2) is 4.57. The first-order valence-corrected chi connectivity index (χ1v) is 6.13. The standard InChI is InChI=1S/C13H20N4O/c1-13(2)9-17(8-7-16(13)3)12(18)10-5-4-6-11(14)15-10/h4-6H,7-9H2,1-3H3,(H2,14,15). The fourth-order valence-electron chi connectivity index (χ4n) is 2.15. The van der Waals surface area contributed by atoms with Crippen LogP contribution in [0.4, 0.5) is 5.82 Å². The Labute approximate surface area is 108 Å². The van der Waals surface area contributed by atoms with Crippen LogP contribution in [0.2, 0.25) is 0 Å². The van der Waals surface area contributed by atoms with E-state index in [9.17, 15) is 4.79 Å². The highest BCUT2D eigenvalue weighted by Crippen LogP contribution is 2.20. The molecule has 5 heteroatoms. The van der Waals surface area contributed by atoms with Gasteiger partial charge in [0.05, 0.1) is 0 Å². The molecular formula is C13H20N4O. The summed E-state index contributed by atoms with van der Waals surface area (Å²) in [6.45, 7) is 6.59. The molecule has 0 unspecified atom stereocenters. The number of rotatable bonds is 1. The Bertz CT molecular complexity index is 458. The molecule has 0 radical (unpaired) electrons. The minimum atomic E-state index is -0.0384. The van der Waals surface area contributed by atoms with Gasteiger partial charge in [0, 0.05) is 25.2 Å². The van der Waals surface area contributed by atoms with Gasteiger partial charge in [-0.05, 0) is 33.0 Å². The maximum absolute atomic E-state index is 12.3. The molecule has 0 bridgehead atoms. The molecule has 1 aliphatic rings. The van der Waals surface area contributed by atoms with E-state index in [0.717, 1.165) is 13.1 Å². The van der Waals surface area contributed by atoms with E-state index in [1.165, 1.54) is 0 Å². The van der Waals surface area contributed by atoms with Gasteiger partial charge in [-0.2, -0.15) is 0 Å². The molecule has 5 nitrogen and oxygen atoms in total. The number of pyridine rings is 1. The fraction of sp³-hybridized carbons (Fsp3) is 0.538. The van der Waals surface area contributed by atoms with Gasteiger partial charge in [-0.3, -0.25) is 9.69 Å². The Morgan fingerprint density at radius 3 is 2.72 bits per heavy atom. The van der Waals surface area contributed by atoms with E-state index >= 15 is 0 Å². The summed E-state index contributed by atoms with van der Waals surface area (Å²) in [6, 6.07) is 5.16. The molecule has 1 saturated heterocycles. The van der Waals surface area contributed by atoms with Crippen LogP contribution in [0.3, 0.4) is 0 Å². The molecule has 18 heavy (non-hydrogen) atoms. The van der Waals surface area contributed by atoms with Gasteiger partial charge in [-0.15, -0.1) is 0 Å². The lowest BCUT2D eigenvalue weighted by molar-refractivity contribution is 0.0307. The Kier molecular flexibility index (Phi) is 3.26. The minimum absolute atomic E-state index is 0.00572. The molecule has 0 aromatic carbocycles. The first-order valence-electron chi connectivity index (χ1n) is 6.13. The van der Waals surface area contributed by atoms with Crippen molar-refractivity contribution in [1.29, 1.82) is 0 Å². The third-order valence-corrected chi connectivity index (χ3v) is 3.59. The Morgan fingerprint density at radius 1 is 1.39 bits per heavy atom. The van der Waals surface area contributed by atoms with Crippen molar-refractivity contribution in [3.8, 4) is 0 Å². The largest absolute Gasteiger partial charge is 0.384 e. The molecule has 0 atom stereocenters. The summed E-state index contributed by atoms with van der Waals surface area (Å²) in [5.74, 6) is 0.345. The molecular weight excluding hydrogens is 228 g/mol. The van der Waals surface area contributed by atoms with Crippen molar-refractivity contribution < 1.29 is 4.79 Å². The molecule has 0 aliphatic carbocycles. The molecule has 1 amide bonds. The number of aromatic nitrogens is 1. The van der Waals surface area contributed by atoms with Crippen LogP contribution in [-0.4, -0.2) is 52.9 Å². The van der Waals surface area contributed by atoms with Crippen molar-refractivity contribution in [1.82, 2.24) is 14.8 Å². The van der Waals surface area contributed by atoms with E-state index in [1.807, 2.05) is 4.90 Å². The highest BCUT2D eigenvalue weighted by atomic mass is 16.2. The predicted octanol–water partition coefficient (Wildman–Crippen LogP) is 0.830. The van der Waals surface area contributed by atoms with Crippen LogP contribution in [0.1, 0.15) is 24.3 Å². The monoisotopic (exact) mass is 248 g/mol.